The van der Waals surface area contributed by atoms with Crippen LogP contribution in [0.15, 0.2) is 0 Å². The maximum Gasteiger partial charge on any atom is 0.318 e. The van der Waals surface area contributed by atoms with Gasteiger partial charge in [0.1, 0.15) is 6.54 Å². The van der Waals surface area contributed by atoms with Gasteiger partial charge in [0.05, 0.1) is 0 Å². The summed E-state index contributed by atoms with van der Waals surface area (Å²) in [5.41, 5.74) is 0. The summed E-state index contributed by atoms with van der Waals surface area (Å²) in [5.74, 6) is 0.0659. The van der Waals surface area contributed by atoms with Gasteiger partial charge in [-0.05, 0) is 26.8 Å². The number of rotatable bonds is 5. The average molecular weight is 339 g/mol. The first-order valence-corrected chi connectivity index (χ1v) is 9.23. The minimum Gasteiger partial charge on any atom is -0.341 e. The second-order valence-corrected chi connectivity index (χ2v) is 7.11. The molecular weight excluding hydrogens is 306 g/mol. The van der Waals surface area contributed by atoms with Crippen molar-refractivity contribution in [1.82, 2.24) is 24.9 Å². The average Bonchev–Trinajstić information content (AvgIpc) is 2.72. The molecule has 0 saturated carbocycles. The highest BCUT2D eigenvalue weighted by Gasteiger charge is 2.25. The topological polar surface area (TPSA) is 59.1 Å². The van der Waals surface area contributed by atoms with Crippen molar-refractivity contribution in [3.05, 3.63) is 0 Å². The van der Waals surface area contributed by atoms with E-state index in [0.29, 0.717) is 6.54 Å². The third kappa shape index (κ3) is 5.63. The smallest absolute Gasteiger partial charge is 0.318 e. The predicted octanol–water partition coefficient (Wildman–Crippen LogP) is 0.276. The SMILES string of the molecule is CCCN1CCCN(C(=O)N[C@@H](C)CN2CCN(C)CC2)CC1=O. The summed E-state index contributed by atoms with van der Waals surface area (Å²) in [7, 11) is 2.14. The van der Waals surface area contributed by atoms with Crippen LogP contribution in [0.25, 0.3) is 0 Å². The highest BCUT2D eigenvalue weighted by Crippen LogP contribution is 2.06. The fraction of sp³-hybridized carbons (Fsp3) is 0.882. The van der Waals surface area contributed by atoms with Crippen molar-refractivity contribution in [2.45, 2.75) is 32.7 Å². The largest absolute Gasteiger partial charge is 0.341 e. The number of likely N-dealkylation sites (N-methyl/N-ethyl adjacent to an activating group) is 1. The lowest BCUT2D eigenvalue weighted by molar-refractivity contribution is -0.130. The number of hydrogen-bond donors (Lipinski definition) is 1. The van der Waals surface area contributed by atoms with Gasteiger partial charge in [-0.2, -0.15) is 0 Å². The monoisotopic (exact) mass is 339 g/mol. The molecule has 2 rings (SSSR count). The number of urea groups is 1. The molecule has 0 aliphatic carbocycles. The molecule has 0 radical (unpaired) electrons. The zero-order valence-corrected chi connectivity index (χ0v) is 15.5. The fourth-order valence-corrected chi connectivity index (χ4v) is 3.36. The Bertz CT molecular complexity index is 423. The van der Waals surface area contributed by atoms with E-state index in [1.165, 1.54) is 0 Å². The number of piperazine rings is 1. The number of amides is 3. The lowest BCUT2D eigenvalue weighted by Crippen LogP contribution is -2.52. The van der Waals surface area contributed by atoms with Crippen LogP contribution in [-0.4, -0.2) is 104 Å². The fourth-order valence-electron chi connectivity index (χ4n) is 3.36. The van der Waals surface area contributed by atoms with E-state index in [4.69, 9.17) is 0 Å². The number of carbonyl (C=O) groups is 2. The van der Waals surface area contributed by atoms with E-state index in [-0.39, 0.29) is 24.5 Å². The molecule has 138 valence electrons. The Morgan fingerprint density at radius 2 is 1.88 bits per heavy atom. The lowest BCUT2D eigenvalue weighted by atomic mass is 10.2. The second-order valence-electron chi connectivity index (χ2n) is 7.11. The highest BCUT2D eigenvalue weighted by molar-refractivity contribution is 5.84. The molecule has 2 aliphatic rings. The molecule has 1 N–H and O–H groups in total. The normalized spacial score (nSPS) is 22.4. The van der Waals surface area contributed by atoms with Gasteiger partial charge in [0, 0.05) is 58.4 Å². The van der Waals surface area contributed by atoms with Crippen LogP contribution in [-0.2, 0) is 4.79 Å². The van der Waals surface area contributed by atoms with Crippen molar-refractivity contribution in [2.75, 3.05) is 66.0 Å². The molecule has 0 bridgehead atoms. The van der Waals surface area contributed by atoms with Crippen molar-refractivity contribution in [3.63, 3.8) is 0 Å². The van der Waals surface area contributed by atoms with Crippen molar-refractivity contribution in [1.29, 1.82) is 0 Å². The van der Waals surface area contributed by atoms with Crippen LogP contribution < -0.4 is 5.32 Å². The maximum atomic E-state index is 12.5. The van der Waals surface area contributed by atoms with Gasteiger partial charge in [-0.25, -0.2) is 4.79 Å². The van der Waals surface area contributed by atoms with Crippen LogP contribution in [0.4, 0.5) is 4.79 Å². The first-order chi connectivity index (χ1) is 11.5. The molecule has 2 aliphatic heterocycles. The minimum atomic E-state index is -0.108. The molecule has 0 unspecified atom stereocenters. The van der Waals surface area contributed by atoms with E-state index in [9.17, 15) is 9.59 Å². The Kier molecular flexibility index (Phi) is 7.30. The van der Waals surface area contributed by atoms with Gasteiger partial charge in [0.25, 0.3) is 0 Å². The summed E-state index contributed by atoms with van der Waals surface area (Å²) < 4.78 is 0. The van der Waals surface area contributed by atoms with E-state index in [0.717, 1.165) is 58.7 Å². The van der Waals surface area contributed by atoms with Gasteiger partial charge in [0.2, 0.25) is 5.91 Å². The van der Waals surface area contributed by atoms with E-state index >= 15 is 0 Å². The summed E-state index contributed by atoms with van der Waals surface area (Å²) in [5, 5.41) is 3.06. The number of carbonyl (C=O) groups excluding carboxylic acids is 2. The number of nitrogens with zero attached hydrogens (tertiary/aromatic N) is 4. The van der Waals surface area contributed by atoms with Gasteiger partial charge < -0.3 is 20.0 Å². The van der Waals surface area contributed by atoms with Crippen molar-refractivity contribution >= 4 is 11.9 Å². The Labute approximate surface area is 145 Å². The first-order valence-electron chi connectivity index (χ1n) is 9.23. The first kappa shape index (κ1) is 19.0. The van der Waals surface area contributed by atoms with Gasteiger partial charge in [-0.1, -0.05) is 6.92 Å². The molecule has 2 saturated heterocycles. The van der Waals surface area contributed by atoms with Gasteiger partial charge in [0.15, 0.2) is 0 Å². The van der Waals surface area contributed by atoms with E-state index < -0.39 is 0 Å². The van der Waals surface area contributed by atoms with Crippen molar-refractivity contribution < 1.29 is 9.59 Å². The molecule has 3 amide bonds. The molecule has 0 aromatic heterocycles. The summed E-state index contributed by atoms with van der Waals surface area (Å²) in [6.07, 6.45) is 1.81. The summed E-state index contributed by atoms with van der Waals surface area (Å²) >= 11 is 0. The maximum absolute atomic E-state index is 12.5. The third-order valence-corrected chi connectivity index (χ3v) is 4.81. The summed E-state index contributed by atoms with van der Waals surface area (Å²) in [6.45, 7) is 11.6. The molecule has 2 heterocycles. The molecule has 0 aromatic carbocycles. The Morgan fingerprint density at radius 1 is 1.17 bits per heavy atom. The standard InChI is InChI=1S/C17H33N5O2/c1-4-6-21-7-5-8-22(14-16(21)23)17(24)18-15(2)13-20-11-9-19(3)10-12-20/h15H,4-14H2,1-3H3,(H,18,24)/t15-/m0/s1. The molecule has 0 aromatic rings. The Hall–Kier alpha value is -1.34. The molecule has 24 heavy (non-hydrogen) atoms. The lowest BCUT2D eigenvalue weighted by Gasteiger charge is -2.34. The Morgan fingerprint density at radius 3 is 2.54 bits per heavy atom. The molecule has 1 atom stereocenters. The van der Waals surface area contributed by atoms with Crippen LogP contribution in [0.5, 0.6) is 0 Å². The van der Waals surface area contributed by atoms with Gasteiger partial charge in [-0.15, -0.1) is 0 Å². The van der Waals surface area contributed by atoms with Gasteiger partial charge in [-0.3, -0.25) is 9.69 Å². The van der Waals surface area contributed by atoms with Crippen LogP contribution in [0.2, 0.25) is 0 Å². The molecule has 7 heteroatoms. The summed E-state index contributed by atoms with van der Waals surface area (Å²) in [6, 6.07) is -0.0191. The molecule has 2 fully saturated rings. The van der Waals surface area contributed by atoms with E-state index in [2.05, 4.69) is 29.1 Å². The van der Waals surface area contributed by atoms with Crippen LogP contribution in [0, 0.1) is 0 Å². The zero-order chi connectivity index (χ0) is 17.5. The van der Waals surface area contributed by atoms with E-state index in [1.54, 1.807) is 4.90 Å². The van der Waals surface area contributed by atoms with Crippen LogP contribution in [0.1, 0.15) is 26.7 Å². The van der Waals surface area contributed by atoms with Crippen LogP contribution in [0.3, 0.4) is 0 Å². The second kappa shape index (κ2) is 9.22. The molecule has 7 nitrogen and oxygen atoms in total. The summed E-state index contributed by atoms with van der Waals surface area (Å²) in [4.78, 5) is 33.0. The molecular formula is C17H33N5O2. The van der Waals surface area contributed by atoms with Crippen molar-refractivity contribution in [2.24, 2.45) is 0 Å². The molecule has 0 spiro atoms. The quantitative estimate of drug-likeness (QED) is 0.781. The minimum absolute atomic E-state index is 0.0659. The number of hydrogen-bond acceptors (Lipinski definition) is 4. The third-order valence-electron chi connectivity index (χ3n) is 4.81. The Balaban J connectivity index is 1.77. The number of nitrogens with one attached hydrogen (secondary N) is 1. The van der Waals surface area contributed by atoms with Crippen LogP contribution >= 0.6 is 0 Å². The van der Waals surface area contributed by atoms with Crippen molar-refractivity contribution in [3.8, 4) is 0 Å². The van der Waals surface area contributed by atoms with Gasteiger partial charge >= 0.3 is 6.03 Å². The highest BCUT2D eigenvalue weighted by atomic mass is 16.2. The van der Waals surface area contributed by atoms with E-state index in [1.807, 2.05) is 11.8 Å². The predicted molar refractivity (Wildman–Crippen MR) is 95.0 cm³/mol. The zero-order valence-electron chi connectivity index (χ0n) is 15.5.